The molecule has 0 aliphatic carbocycles. The van der Waals surface area contributed by atoms with Crippen LogP contribution in [0.1, 0.15) is 19.8 Å². The molecule has 0 rings (SSSR count). The Morgan fingerprint density at radius 3 is 2.82 bits per heavy atom. The number of nitrogens with one attached hydrogen (secondary N) is 1. The van der Waals surface area contributed by atoms with Gasteiger partial charge in [-0.2, -0.15) is 0 Å². The Morgan fingerprint density at radius 1 is 1.73 bits per heavy atom. The summed E-state index contributed by atoms with van der Waals surface area (Å²) in [4.78, 5) is 0. The fourth-order valence-electron chi connectivity index (χ4n) is 0.646. The van der Waals surface area contributed by atoms with Crippen LogP contribution in [0.4, 0.5) is 0 Å². The predicted octanol–water partition coefficient (Wildman–Crippen LogP) is 1.44. The summed E-state index contributed by atoms with van der Waals surface area (Å²) in [5, 5.41) is 11.8. The van der Waals surface area contributed by atoms with Gasteiger partial charge in [-0.05, 0) is 25.8 Å². The number of aliphatic hydroxyl groups excluding tert-OH is 1. The van der Waals surface area contributed by atoms with Crippen molar-refractivity contribution in [2.45, 2.75) is 25.9 Å². The first-order valence-corrected chi connectivity index (χ1v) is 3.88. The second-order valence-corrected chi connectivity index (χ2v) is 2.60. The third-order valence-corrected chi connectivity index (χ3v) is 1.39. The molecule has 0 bridgehead atoms. The molecule has 0 aromatic rings. The second-order valence-electron chi connectivity index (χ2n) is 2.60. The van der Waals surface area contributed by atoms with E-state index in [4.69, 9.17) is 5.11 Å². The molecule has 0 aromatic carbocycles. The Hall–Kier alpha value is -0.760. The van der Waals surface area contributed by atoms with Gasteiger partial charge in [0.2, 0.25) is 0 Å². The number of hydrogen-bond donors (Lipinski definition) is 2. The molecular formula is C9H17NO. The summed E-state index contributed by atoms with van der Waals surface area (Å²) in [6, 6.07) is 0. The number of rotatable bonds is 5. The van der Waals surface area contributed by atoms with Crippen LogP contribution in [-0.2, 0) is 0 Å². The van der Waals surface area contributed by atoms with Crippen LogP contribution >= 0.6 is 0 Å². The number of aliphatic hydroxyl groups is 1. The molecule has 1 atom stereocenters. The largest absolute Gasteiger partial charge is 0.393 e. The molecule has 2 nitrogen and oxygen atoms in total. The summed E-state index contributed by atoms with van der Waals surface area (Å²) in [7, 11) is 1.83. The first-order chi connectivity index (χ1) is 5.16. The highest BCUT2D eigenvalue weighted by atomic mass is 16.3. The Bertz CT molecular complexity index is 138. The van der Waals surface area contributed by atoms with Gasteiger partial charge < -0.3 is 10.4 Å². The molecule has 2 N–H and O–H groups in total. The lowest BCUT2D eigenvalue weighted by molar-refractivity contribution is 0.186. The van der Waals surface area contributed by atoms with Gasteiger partial charge in [0.1, 0.15) is 0 Å². The first-order valence-electron chi connectivity index (χ1n) is 3.88. The molecule has 0 heterocycles. The Morgan fingerprint density at radius 2 is 2.36 bits per heavy atom. The van der Waals surface area contributed by atoms with Gasteiger partial charge >= 0.3 is 0 Å². The molecule has 0 aromatic heterocycles. The van der Waals surface area contributed by atoms with Crippen LogP contribution in [0, 0.1) is 0 Å². The maximum Gasteiger partial charge on any atom is 0.0515 e. The topological polar surface area (TPSA) is 32.3 Å². The summed E-state index contributed by atoms with van der Waals surface area (Å²) in [6.45, 7) is 5.52. The molecule has 0 aliphatic heterocycles. The Labute approximate surface area is 68.6 Å². The lowest BCUT2D eigenvalue weighted by Crippen LogP contribution is -2.01. The molecule has 0 saturated carbocycles. The minimum atomic E-state index is -0.206. The SMILES string of the molecule is C=C(/C=C/CC[C@@H](C)O)NC. The van der Waals surface area contributed by atoms with Crippen LogP contribution in [0.5, 0.6) is 0 Å². The molecule has 2 heteroatoms. The molecule has 0 unspecified atom stereocenters. The third-order valence-electron chi connectivity index (χ3n) is 1.39. The fourth-order valence-corrected chi connectivity index (χ4v) is 0.646. The maximum absolute atomic E-state index is 8.90. The summed E-state index contributed by atoms with van der Waals surface area (Å²) < 4.78 is 0. The van der Waals surface area contributed by atoms with Crippen molar-refractivity contribution in [3.8, 4) is 0 Å². The van der Waals surface area contributed by atoms with Crippen molar-refractivity contribution in [3.63, 3.8) is 0 Å². The molecule has 0 fully saturated rings. The van der Waals surface area contributed by atoms with Gasteiger partial charge in [-0.1, -0.05) is 12.7 Å². The summed E-state index contributed by atoms with van der Waals surface area (Å²) in [6.07, 6.45) is 5.43. The average molecular weight is 155 g/mol. The maximum atomic E-state index is 8.90. The highest BCUT2D eigenvalue weighted by Crippen LogP contribution is 1.97. The zero-order valence-corrected chi connectivity index (χ0v) is 7.30. The number of allylic oxidation sites excluding steroid dienone is 2. The Kier molecular flexibility index (Phi) is 5.57. The number of likely N-dealkylation sites (N-methyl/N-ethyl adjacent to an activating group) is 1. The van der Waals surface area contributed by atoms with Gasteiger partial charge in [0, 0.05) is 12.7 Å². The standard InChI is InChI=1S/C9H17NO/c1-8(10-3)6-4-5-7-9(2)11/h4,6,9-11H,1,5,7H2,2-3H3/b6-4+/t9-/m1/s1. The fraction of sp³-hybridized carbons (Fsp3) is 0.556. The Balaban J connectivity index is 3.37. The molecule has 64 valence electrons. The van der Waals surface area contributed by atoms with Crippen molar-refractivity contribution in [2.24, 2.45) is 0 Å². The molecule has 0 spiro atoms. The van der Waals surface area contributed by atoms with E-state index >= 15 is 0 Å². The number of hydrogen-bond acceptors (Lipinski definition) is 2. The quantitative estimate of drug-likeness (QED) is 0.589. The van der Waals surface area contributed by atoms with Crippen molar-refractivity contribution < 1.29 is 5.11 Å². The molecule has 0 radical (unpaired) electrons. The van der Waals surface area contributed by atoms with Crippen molar-refractivity contribution in [3.05, 3.63) is 24.4 Å². The van der Waals surface area contributed by atoms with E-state index in [-0.39, 0.29) is 6.10 Å². The van der Waals surface area contributed by atoms with Crippen LogP contribution in [0.15, 0.2) is 24.4 Å². The van der Waals surface area contributed by atoms with Crippen LogP contribution in [-0.4, -0.2) is 18.3 Å². The van der Waals surface area contributed by atoms with E-state index in [1.54, 1.807) is 6.92 Å². The van der Waals surface area contributed by atoms with Gasteiger partial charge in [-0.15, -0.1) is 0 Å². The highest BCUT2D eigenvalue weighted by Gasteiger charge is 1.90. The van der Waals surface area contributed by atoms with Crippen molar-refractivity contribution in [1.29, 1.82) is 0 Å². The molecular weight excluding hydrogens is 138 g/mol. The minimum absolute atomic E-state index is 0.206. The lowest BCUT2D eigenvalue weighted by Gasteiger charge is -1.99. The van der Waals surface area contributed by atoms with Gasteiger partial charge in [-0.25, -0.2) is 0 Å². The van der Waals surface area contributed by atoms with Gasteiger partial charge in [0.15, 0.2) is 0 Å². The summed E-state index contributed by atoms with van der Waals surface area (Å²) in [5.74, 6) is 0. The first kappa shape index (κ1) is 10.2. The van der Waals surface area contributed by atoms with Crippen LogP contribution in [0.2, 0.25) is 0 Å². The van der Waals surface area contributed by atoms with E-state index < -0.39 is 0 Å². The van der Waals surface area contributed by atoms with E-state index in [9.17, 15) is 0 Å². The zero-order chi connectivity index (χ0) is 8.69. The monoisotopic (exact) mass is 155 g/mol. The molecule has 0 saturated heterocycles. The van der Waals surface area contributed by atoms with Crippen LogP contribution < -0.4 is 5.32 Å². The molecule has 0 aliphatic rings. The van der Waals surface area contributed by atoms with Crippen molar-refractivity contribution in [2.75, 3.05) is 7.05 Å². The van der Waals surface area contributed by atoms with Gasteiger partial charge in [-0.3, -0.25) is 0 Å². The summed E-state index contributed by atoms with van der Waals surface area (Å²) >= 11 is 0. The van der Waals surface area contributed by atoms with Crippen molar-refractivity contribution >= 4 is 0 Å². The smallest absolute Gasteiger partial charge is 0.0515 e. The van der Waals surface area contributed by atoms with E-state index in [1.807, 2.05) is 19.2 Å². The van der Waals surface area contributed by atoms with Gasteiger partial charge in [0.25, 0.3) is 0 Å². The van der Waals surface area contributed by atoms with E-state index in [0.29, 0.717) is 0 Å². The van der Waals surface area contributed by atoms with E-state index in [1.165, 1.54) is 0 Å². The third kappa shape index (κ3) is 7.13. The second kappa shape index (κ2) is 5.98. The molecule has 11 heavy (non-hydrogen) atoms. The predicted molar refractivity (Wildman–Crippen MR) is 48.3 cm³/mol. The van der Waals surface area contributed by atoms with Crippen molar-refractivity contribution in [1.82, 2.24) is 5.32 Å². The summed E-state index contributed by atoms with van der Waals surface area (Å²) in [5.41, 5.74) is 0.899. The molecule has 0 amide bonds. The van der Waals surface area contributed by atoms with Gasteiger partial charge in [0.05, 0.1) is 6.10 Å². The normalized spacial score (nSPS) is 13.4. The van der Waals surface area contributed by atoms with Crippen LogP contribution in [0.3, 0.4) is 0 Å². The average Bonchev–Trinajstić information content (AvgIpc) is 1.97. The van der Waals surface area contributed by atoms with E-state index in [0.717, 1.165) is 18.5 Å². The zero-order valence-electron chi connectivity index (χ0n) is 7.30. The highest BCUT2D eigenvalue weighted by molar-refractivity contribution is 5.11. The van der Waals surface area contributed by atoms with Crippen LogP contribution in [0.25, 0.3) is 0 Å². The van der Waals surface area contributed by atoms with E-state index in [2.05, 4.69) is 11.9 Å². The minimum Gasteiger partial charge on any atom is -0.393 e. The lowest BCUT2D eigenvalue weighted by atomic mass is 10.2.